The second kappa shape index (κ2) is 5.12. The molecule has 0 aliphatic carbocycles. The van der Waals surface area contributed by atoms with Crippen molar-refractivity contribution in [3.05, 3.63) is 35.4 Å². The molecule has 2 rings (SSSR count). The van der Waals surface area contributed by atoms with Gasteiger partial charge in [-0.15, -0.1) is 0 Å². The number of ether oxygens (including phenoxy) is 1. The lowest BCUT2D eigenvalue weighted by molar-refractivity contribution is -0.136. The first kappa shape index (κ1) is 11.1. The van der Waals surface area contributed by atoms with Crippen molar-refractivity contribution in [2.24, 2.45) is 0 Å². The second-order valence-electron chi connectivity index (χ2n) is 4.16. The van der Waals surface area contributed by atoms with Crippen LogP contribution in [0, 0.1) is 0 Å². The number of carboxylic acid groups (broad SMARTS) is 1. The molecule has 1 heterocycles. The van der Waals surface area contributed by atoms with Crippen LogP contribution in [0.15, 0.2) is 24.3 Å². The molecule has 16 heavy (non-hydrogen) atoms. The fourth-order valence-electron chi connectivity index (χ4n) is 2.26. The molecule has 3 heteroatoms. The van der Waals surface area contributed by atoms with Crippen molar-refractivity contribution >= 4 is 5.97 Å². The summed E-state index contributed by atoms with van der Waals surface area (Å²) in [6.45, 7) is 1.57. The highest BCUT2D eigenvalue weighted by Crippen LogP contribution is 2.29. The predicted molar refractivity (Wildman–Crippen MR) is 60.6 cm³/mol. The van der Waals surface area contributed by atoms with Crippen LogP contribution in [0.5, 0.6) is 0 Å². The SMILES string of the molecule is O=C(O)Cc1ccccc1C1CCOCC1. The van der Waals surface area contributed by atoms with Gasteiger partial charge in [0, 0.05) is 13.2 Å². The van der Waals surface area contributed by atoms with Crippen LogP contribution >= 0.6 is 0 Å². The smallest absolute Gasteiger partial charge is 0.307 e. The van der Waals surface area contributed by atoms with Gasteiger partial charge in [0.1, 0.15) is 0 Å². The molecule has 1 N–H and O–H groups in total. The van der Waals surface area contributed by atoms with Crippen LogP contribution in [0.2, 0.25) is 0 Å². The third kappa shape index (κ3) is 2.61. The summed E-state index contributed by atoms with van der Waals surface area (Å²) in [6.07, 6.45) is 2.11. The summed E-state index contributed by atoms with van der Waals surface area (Å²) < 4.78 is 5.33. The number of benzene rings is 1. The first-order chi connectivity index (χ1) is 7.77. The van der Waals surface area contributed by atoms with Crippen LogP contribution in [-0.2, 0) is 16.0 Å². The number of carbonyl (C=O) groups is 1. The topological polar surface area (TPSA) is 46.5 Å². The van der Waals surface area contributed by atoms with Gasteiger partial charge in [-0.3, -0.25) is 4.79 Å². The molecule has 1 aliphatic rings. The van der Waals surface area contributed by atoms with Crippen LogP contribution in [0.4, 0.5) is 0 Å². The standard InChI is InChI=1S/C13H16O3/c14-13(15)9-11-3-1-2-4-12(11)10-5-7-16-8-6-10/h1-4,10H,5-9H2,(H,14,15). The Morgan fingerprint density at radius 3 is 2.69 bits per heavy atom. The molecule has 3 nitrogen and oxygen atoms in total. The van der Waals surface area contributed by atoms with E-state index >= 15 is 0 Å². The number of aliphatic carboxylic acids is 1. The van der Waals surface area contributed by atoms with Crippen molar-refractivity contribution in [3.8, 4) is 0 Å². The van der Waals surface area contributed by atoms with E-state index in [-0.39, 0.29) is 6.42 Å². The number of hydrogen-bond donors (Lipinski definition) is 1. The molecule has 1 aromatic carbocycles. The molecule has 0 atom stereocenters. The first-order valence-electron chi connectivity index (χ1n) is 5.64. The Bertz CT molecular complexity index is 367. The minimum atomic E-state index is -0.764. The zero-order chi connectivity index (χ0) is 11.4. The molecule has 0 aromatic heterocycles. The van der Waals surface area contributed by atoms with Crippen molar-refractivity contribution in [2.75, 3.05) is 13.2 Å². The van der Waals surface area contributed by atoms with Crippen LogP contribution < -0.4 is 0 Å². The molecular formula is C13H16O3. The van der Waals surface area contributed by atoms with Gasteiger partial charge in [0.25, 0.3) is 0 Å². The normalized spacial score (nSPS) is 17.2. The summed E-state index contributed by atoms with van der Waals surface area (Å²) in [5.74, 6) is -0.302. The Labute approximate surface area is 95.0 Å². The number of hydrogen-bond acceptors (Lipinski definition) is 2. The van der Waals surface area contributed by atoms with E-state index in [9.17, 15) is 4.79 Å². The molecule has 0 bridgehead atoms. The van der Waals surface area contributed by atoms with E-state index in [4.69, 9.17) is 9.84 Å². The highest BCUT2D eigenvalue weighted by atomic mass is 16.5. The van der Waals surface area contributed by atoms with E-state index in [1.54, 1.807) is 0 Å². The van der Waals surface area contributed by atoms with Gasteiger partial charge in [0.2, 0.25) is 0 Å². The van der Waals surface area contributed by atoms with E-state index in [1.807, 2.05) is 24.3 Å². The summed E-state index contributed by atoms with van der Waals surface area (Å²) in [6, 6.07) is 7.85. The van der Waals surface area contributed by atoms with Crippen molar-refractivity contribution in [3.63, 3.8) is 0 Å². The Kier molecular flexibility index (Phi) is 3.57. The number of rotatable bonds is 3. The lowest BCUT2D eigenvalue weighted by atomic mass is 9.87. The number of carboxylic acids is 1. The van der Waals surface area contributed by atoms with Gasteiger partial charge < -0.3 is 9.84 Å². The molecule has 0 spiro atoms. The first-order valence-corrected chi connectivity index (χ1v) is 5.64. The largest absolute Gasteiger partial charge is 0.481 e. The van der Waals surface area contributed by atoms with Crippen molar-refractivity contribution in [2.45, 2.75) is 25.2 Å². The van der Waals surface area contributed by atoms with E-state index in [1.165, 1.54) is 5.56 Å². The third-order valence-electron chi connectivity index (χ3n) is 3.06. The highest BCUT2D eigenvalue weighted by Gasteiger charge is 2.19. The molecule has 0 amide bonds. The van der Waals surface area contributed by atoms with Gasteiger partial charge in [0.15, 0.2) is 0 Å². The van der Waals surface area contributed by atoms with Gasteiger partial charge in [-0.2, -0.15) is 0 Å². The van der Waals surface area contributed by atoms with Crippen LogP contribution in [0.1, 0.15) is 29.9 Å². The predicted octanol–water partition coefficient (Wildman–Crippen LogP) is 2.21. The summed E-state index contributed by atoms with van der Waals surface area (Å²) in [5.41, 5.74) is 2.13. The van der Waals surface area contributed by atoms with Crippen LogP contribution in [-0.4, -0.2) is 24.3 Å². The van der Waals surface area contributed by atoms with Crippen LogP contribution in [0.3, 0.4) is 0 Å². The molecule has 0 saturated carbocycles. The monoisotopic (exact) mass is 220 g/mol. The van der Waals surface area contributed by atoms with Crippen molar-refractivity contribution in [1.29, 1.82) is 0 Å². The molecule has 1 saturated heterocycles. The Balaban J connectivity index is 2.20. The fraction of sp³-hybridized carbons (Fsp3) is 0.462. The average molecular weight is 220 g/mol. The minimum Gasteiger partial charge on any atom is -0.481 e. The van der Waals surface area contributed by atoms with Crippen molar-refractivity contribution in [1.82, 2.24) is 0 Å². The summed E-state index contributed by atoms with van der Waals surface area (Å²) >= 11 is 0. The summed E-state index contributed by atoms with van der Waals surface area (Å²) in [4.78, 5) is 10.8. The maximum Gasteiger partial charge on any atom is 0.307 e. The van der Waals surface area contributed by atoms with Gasteiger partial charge in [-0.1, -0.05) is 24.3 Å². The lowest BCUT2D eigenvalue weighted by Crippen LogP contribution is -2.16. The average Bonchev–Trinajstić information content (AvgIpc) is 2.30. The molecule has 0 unspecified atom stereocenters. The molecule has 86 valence electrons. The van der Waals surface area contributed by atoms with Crippen LogP contribution in [0.25, 0.3) is 0 Å². The molecular weight excluding hydrogens is 204 g/mol. The quantitative estimate of drug-likeness (QED) is 0.849. The fourth-order valence-corrected chi connectivity index (χ4v) is 2.26. The van der Waals surface area contributed by atoms with Gasteiger partial charge in [-0.25, -0.2) is 0 Å². The maximum atomic E-state index is 10.8. The third-order valence-corrected chi connectivity index (χ3v) is 3.06. The summed E-state index contributed by atoms with van der Waals surface area (Å²) in [7, 11) is 0. The minimum absolute atomic E-state index is 0.119. The highest BCUT2D eigenvalue weighted by molar-refractivity contribution is 5.70. The van der Waals surface area contributed by atoms with Gasteiger partial charge >= 0.3 is 5.97 Å². The molecule has 1 aromatic rings. The Morgan fingerprint density at radius 2 is 2.00 bits per heavy atom. The maximum absolute atomic E-state index is 10.8. The zero-order valence-electron chi connectivity index (χ0n) is 9.19. The van der Waals surface area contributed by atoms with E-state index in [0.29, 0.717) is 5.92 Å². The second-order valence-corrected chi connectivity index (χ2v) is 4.16. The van der Waals surface area contributed by atoms with E-state index in [2.05, 4.69) is 0 Å². The molecule has 1 aliphatic heterocycles. The Morgan fingerprint density at radius 1 is 1.31 bits per heavy atom. The van der Waals surface area contributed by atoms with Gasteiger partial charge in [0.05, 0.1) is 6.42 Å². The van der Waals surface area contributed by atoms with Crippen molar-refractivity contribution < 1.29 is 14.6 Å². The van der Waals surface area contributed by atoms with E-state index in [0.717, 1.165) is 31.6 Å². The summed E-state index contributed by atoms with van der Waals surface area (Å²) in [5, 5.41) is 8.87. The van der Waals surface area contributed by atoms with Gasteiger partial charge in [-0.05, 0) is 29.9 Å². The van der Waals surface area contributed by atoms with E-state index < -0.39 is 5.97 Å². The molecule has 0 radical (unpaired) electrons. The lowest BCUT2D eigenvalue weighted by Gasteiger charge is -2.24. The molecule has 1 fully saturated rings. The Hall–Kier alpha value is -1.35. The zero-order valence-corrected chi connectivity index (χ0v) is 9.19.